The standard InChI is InChI=1S/C17H23BrN2O3/c1-2-3-6-15(17(22)23)19-16(21)12-9-13(18)11-14(10-12)20-7-4-5-8-20/h9-11,15H,2-8H2,1H3,(H,19,21)(H,22,23). The van der Waals surface area contributed by atoms with E-state index in [1.165, 1.54) is 0 Å². The topological polar surface area (TPSA) is 69.6 Å². The Kier molecular flexibility index (Phi) is 6.45. The summed E-state index contributed by atoms with van der Waals surface area (Å²) in [6, 6.07) is 4.72. The molecule has 23 heavy (non-hydrogen) atoms. The van der Waals surface area contributed by atoms with Crippen molar-refractivity contribution < 1.29 is 14.7 Å². The van der Waals surface area contributed by atoms with E-state index in [0.29, 0.717) is 12.0 Å². The number of amides is 1. The van der Waals surface area contributed by atoms with Crippen molar-refractivity contribution >= 4 is 33.5 Å². The molecule has 0 spiro atoms. The van der Waals surface area contributed by atoms with Crippen molar-refractivity contribution in [2.75, 3.05) is 18.0 Å². The van der Waals surface area contributed by atoms with Crippen LogP contribution in [0, 0.1) is 0 Å². The van der Waals surface area contributed by atoms with Gasteiger partial charge in [-0.3, -0.25) is 4.79 Å². The zero-order valence-electron chi connectivity index (χ0n) is 13.3. The number of carbonyl (C=O) groups excluding carboxylic acids is 1. The fourth-order valence-electron chi connectivity index (χ4n) is 2.77. The van der Waals surface area contributed by atoms with Gasteiger partial charge < -0.3 is 15.3 Å². The fourth-order valence-corrected chi connectivity index (χ4v) is 3.25. The highest BCUT2D eigenvalue weighted by Crippen LogP contribution is 2.26. The number of aliphatic carboxylic acids is 1. The number of nitrogens with zero attached hydrogens (tertiary/aromatic N) is 1. The van der Waals surface area contributed by atoms with Gasteiger partial charge in [-0.15, -0.1) is 0 Å². The lowest BCUT2D eigenvalue weighted by Crippen LogP contribution is -2.40. The molecule has 2 N–H and O–H groups in total. The summed E-state index contributed by atoms with van der Waals surface area (Å²) in [6.45, 7) is 3.98. The Morgan fingerprint density at radius 3 is 2.61 bits per heavy atom. The number of hydrogen-bond acceptors (Lipinski definition) is 3. The lowest BCUT2D eigenvalue weighted by molar-refractivity contribution is -0.139. The quantitative estimate of drug-likeness (QED) is 0.757. The predicted octanol–water partition coefficient (Wildman–Crippen LogP) is 3.42. The van der Waals surface area contributed by atoms with Crippen LogP contribution in [0.2, 0.25) is 0 Å². The molecule has 1 saturated heterocycles. The second kappa shape index (κ2) is 8.34. The number of carboxylic acids is 1. The summed E-state index contributed by atoms with van der Waals surface area (Å²) in [6.07, 6.45) is 4.44. The zero-order valence-corrected chi connectivity index (χ0v) is 14.9. The number of anilines is 1. The Bertz CT molecular complexity index is 571. The number of hydrogen-bond donors (Lipinski definition) is 2. The molecule has 1 aliphatic rings. The molecule has 0 saturated carbocycles. The van der Waals surface area contributed by atoms with Gasteiger partial charge in [-0.05, 0) is 37.5 Å². The van der Waals surface area contributed by atoms with Gasteiger partial charge in [-0.1, -0.05) is 35.7 Å². The van der Waals surface area contributed by atoms with Crippen molar-refractivity contribution in [3.63, 3.8) is 0 Å². The van der Waals surface area contributed by atoms with Crippen LogP contribution in [-0.4, -0.2) is 36.1 Å². The van der Waals surface area contributed by atoms with E-state index in [4.69, 9.17) is 0 Å². The Hall–Kier alpha value is -1.56. The summed E-state index contributed by atoms with van der Waals surface area (Å²) < 4.78 is 0.826. The Morgan fingerprint density at radius 2 is 2.00 bits per heavy atom. The molecule has 1 aromatic rings. The van der Waals surface area contributed by atoms with Gasteiger partial charge >= 0.3 is 5.97 Å². The SMILES string of the molecule is CCCCC(NC(=O)c1cc(Br)cc(N2CCCC2)c1)C(=O)O. The lowest BCUT2D eigenvalue weighted by atomic mass is 10.1. The van der Waals surface area contributed by atoms with Crippen LogP contribution in [0.3, 0.4) is 0 Å². The lowest BCUT2D eigenvalue weighted by Gasteiger charge is -2.19. The van der Waals surface area contributed by atoms with E-state index < -0.39 is 12.0 Å². The van der Waals surface area contributed by atoms with Crippen molar-refractivity contribution in [1.82, 2.24) is 5.32 Å². The van der Waals surface area contributed by atoms with E-state index in [9.17, 15) is 14.7 Å². The molecule has 0 aromatic heterocycles. The molecular formula is C17H23BrN2O3. The molecule has 0 aliphatic carbocycles. The second-order valence-electron chi connectivity index (χ2n) is 5.90. The van der Waals surface area contributed by atoms with Crippen LogP contribution in [0.1, 0.15) is 49.4 Å². The Morgan fingerprint density at radius 1 is 1.30 bits per heavy atom. The first-order valence-corrected chi connectivity index (χ1v) is 8.89. The van der Waals surface area contributed by atoms with Gasteiger partial charge in [0.05, 0.1) is 0 Å². The van der Waals surface area contributed by atoms with Crippen LogP contribution in [0.4, 0.5) is 5.69 Å². The third-order valence-electron chi connectivity index (χ3n) is 4.07. The number of carboxylic acid groups (broad SMARTS) is 1. The van der Waals surface area contributed by atoms with Crippen molar-refractivity contribution in [3.8, 4) is 0 Å². The molecule has 1 aliphatic heterocycles. The number of rotatable bonds is 7. The highest BCUT2D eigenvalue weighted by molar-refractivity contribution is 9.10. The van der Waals surface area contributed by atoms with E-state index >= 15 is 0 Å². The summed E-state index contributed by atoms with van der Waals surface area (Å²) in [5.41, 5.74) is 1.49. The molecule has 1 heterocycles. The Balaban J connectivity index is 2.12. The normalized spacial score (nSPS) is 15.5. The maximum Gasteiger partial charge on any atom is 0.326 e. The summed E-state index contributed by atoms with van der Waals surface area (Å²) >= 11 is 3.44. The highest BCUT2D eigenvalue weighted by Gasteiger charge is 2.21. The average Bonchev–Trinajstić information content (AvgIpc) is 3.04. The number of unbranched alkanes of at least 4 members (excludes halogenated alkanes) is 1. The Labute approximate surface area is 145 Å². The van der Waals surface area contributed by atoms with Crippen molar-refractivity contribution in [3.05, 3.63) is 28.2 Å². The highest BCUT2D eigenvalue weighted by atomic mass is 79.9. The largest absolute Gasteiger partial charge is 0.480 e. The van der Waals surface area contributed by atoms with E-state index in [0.717, 1.165) is 48.9 Å². The van der Waals surface area contributed by atoms with Crippen molar-refractivity contribution in [1.29, 1.82) is 0 Å². The van der Waals surface area contributed by atoms with Gasteiger partial charge in [-0.25, -0.2) is 4.79 Å². The van der Waals surface area contributed by atoms with Crippen LogP contribution in [-0.2, 0) is 4.79 Å². The number of halogens is 1. The number of nitrogens with one attached hydrogen (secondary N) is 1. The zero-order chi connectivity index (χ0) is 16.8. The molecular weight excluding hydrogens is 360 g/mol. The summed E-state index contributed by atoms with van der Waals surface area (Å²) in [4.78, 5) is 26.0. The van der Waals surface area contributed by atoms with E-state index in [-0.39, 0.29) is 5.91 Å². The smallest absolute Gasteiger partial charge is 0.326 e. The van der Waals surface area contributed by atoms with Crippen LogP contribution < -0.4 is 10.2 Å². The van der Waals surface area contributed by atoms with Crippen LogP contribution in [0.5, 0.6) is 0 Å². The van der Waals surface area contributed by atoms with Gasteiger partial charge in [-0.2, -0.15) is 0 Å². The van der Waals surface area contributed by atoms with Gasteiger partial charge in [0.2, 0.25) is 0 Å². The minimum Gasteiger partial charge on any atom is -0.480 e. The summed E-state index contributed by atoms with van der Waals surface area (Å²) in [7, 11) is 0. The molecule has 5 nitrogen and oxygen atoms in total. The predicted molar refractivity (Wildman–Crippen MR) is 94.0 cm³/mol. The van der Waals surface area contributed by atoms with Gasteiger partial charge in [0.25, 0.3) is 5.91 Å². The average molecular weight is 383 g/mol. The minimum absolute atomic E-state index is 0.338. The maximum absolute atomic E-state index is 12.4. The van der Waals surface area contributed by atoms with Gasteiger partial charge in [0.1, 0.15) is 6.04 Å². The number of benzene rings is 1. The van der Waals surface area contributed by atoms with E-state index in [1.807, 2.05) is 19.1 Å². The molecule has 1 aromatic carbocycles. The first kappa shape index (κ1) is 17.8. The van der Waals surface area contributed by atoms with Gasteiger partial charge in [0, 0.05) is 28.8 Å². The molecule has 126 valence electrons. The van der Waals surface area contributed by atoms with Crippen LogP contribution in [0.25, 0.3) is 0 Å². The molecule has 1 fully saturated rings. The molecule has 1 amide bonds. The molecule has 6 heteroatoms. The first-order chi connectivity index (χ1) is 11.0. The minimum atomic E-state index is -0.985. The summed E-state index contributed by atoms with van der Waals surface area (Å²) in [5, 5.41) is 11.9. The van der Waals surface area contributed by atoms with Gasteiger partial charge in [0.15, 0.2) is 0 Å². The summed E-state index contributed by atoms with van der Waals surface area (Å²) in [5.74, 6) is -1.32. The monoisotopic (exact) mass is 382 g/mol. The van der Waals surface area contributed by atoms with Crippen LogP contribution in [0.15, 0.2) is 22.7 Å². The number of carbonyl (C=O) groups is 2. The first-order valence-electron chi connectivity index (χ1n) is 8.10. The molecule has 1 atom stereocenters. The molecule has 1 unspecified atom stereocenters. The second-order valence-corrected chi connectivity index (χ2v) is 6.81. The van der Waals surface area contributed by atoms with E-state index in [1.54, 1.807) is 6.07 Å². The van der Waals surface area contributed by atoms with E-state index in [2.05, 4.69) is 26.1 Å². The van der Waals surface area contributed by atoms with Crippen molar-refractivity contribution in [2.45, 2.75) is 45.1 Å². The fraction of sp³-hybridized carbons (Fsp3) is 0.529. The van der Waals surface area contributed by atoms with Crippen molar-refractivity contribution in [2.24, 2.45) is 0 Å². The molecule has 0 radical (unpaired) electrons. The maximum atomic E-state index is 12.4. The molecule has 0 bridgehead atoms. The van der Waals surface area contributed by atoms with Crippen LogP contribution >= 0.6 is 15.9 Å². The third-order valence-corrected chi connectivity index (χ3v) is 4.52. The molecule has 2 rings (SSSR count). The third kappa shape index (κ3) is 4.96.